The highest BCUT2D eigenvalue weighted by atomic mass is 16.7. The van der Waals surface area contributed by atoms with Gasteiger partial charge in [-0.05, 0) is 111 Å². The Morgan fingerprint density at radius 1 is 0.844 bits per heavy atom. The quantitative estimate of drug-likeness (QED) is 0.373. The van der Waals surface area contributed by atoms with Crippen LogP contribution >= 0.6 is 0 Å². The van der Waals surface area contributed by atoms with Crippen molar-refractivity contribution < 1.29 is 25.5 Å². The summed E-state index contributed by atoms with van der Waals surface area (Å²) in [6.45, 7) is 6.63. The van der Waals surface area contributed by atoms with Gasteiger partial charge >= 0.3 is 5.97 Å². The Morgan fingerprint density at radius 3 is 2.25 bits per heavy atom. The van der Waals surface area contributed by atoms with E-state index in [-0.39, 0.29) is 6.42 Å². The number of aliphatic hydroxyl groups excluding tert-OH is 1. The number of fused-ring (bicyclic) bond motifs is 5. The van der Waals surface area contributed by atoms with Crippen LogP contribution in [0.4, 0.5) is 0 Å². The smallest absolute Gasteiger partial charge is 0.308 e. The predicted molar refractivity (Wildman–Crippen MR) is 124 cm³/mol. The van der Waals surface area contributed by atoms with E-state index >= 15 is 0 Å². The second-order valence-corrected chi connectivity index (χ2v) is 12.8. The summed E-state index contributed by atoms with van der Waals surface area (Å²) in [6.07, 6.45) is 15.4. The van der Waals surface area contributed by atoms with Gasteiger partial charge in [0.2, 0.25) is 0 Å². The molecule has 0 bridgehead atoms. The molecule has 4 rings (SSSR count). The van der Waals surface area contributed by atoms with Crippen molar-refractivity contribution in [2.24, 2.45) is 46.3 Å². The van der Waals surface area contributed by atoms with Gasteiger partial charge in [-0.1, -0.05) is 40.0 Å². The molecule has 0 spiro atoms. The van der Waals surface area contributed by atoms with Crippen molar-refractivity contribution in [3.8, 4) is 0 Å². The summed E-state index contributed by atoms with van der Waals surface area (Å²) < 4.78 is 0. The number of hydrogen-bond acceptors (Lipinski definition) is 5. The average Bonchev–Trinajstić information content (AvgIpc) is 3.09. The van der Waals surface area contributed by atoms with Crippen molar-refractivity contribution in [1.29, 1.82) is 0 Å². The van der Waals surface area contributed by atoms with Crippen molar-refractivity contribution in [3.63, 3.8) is 0 Å². The summed E-state index contributed by atoms with van der Waals surface area (Å²) in [5.74, 6) is 1.47. The molecule has 0 aromatic rings. The zero-order chi connectivity index (χ0) is 23.4. The SMILES string of the molecule is C[C@H](CCCC(O)(CO)C(O)(O)O)[C@H]1CC[C@H]2[C@@H]3CCC4CCCC[C@]4(C)[C@H]3CC[C@]12C. The maximum absolute atomic E-state index is 10.2. The van der Waals surface area contributed by atoms with Crippen LogP contribution in [0.1, 0.15) is 104 Å². The van der Waals surface area contributed by atoms with Gasteiger partial charge < -0.3 is 25.5 Å². The molecular weight excluding hydrogens is 404 g/mol. The largest absolute Gasteiger partial charge is 0.393 e. The Morgan fingerprint density at radius 2 is 1.56 bits per heavy atom. The molecule has 4 aliphatic rings. The van der Waals surface area contributed by atoms with Crippen LogP contribution in [0.15, 0.2) is 0 Å². The minimum atomic E-state index is -3.28. The lowest BCUT2D eigenvalue weighted by Crippen LogP contribution is -2.56. The first-order chi connectivity index (χ1) is 15.0. The van der Waals surface area contributed by atoms with Crippen LogP contribution in [0.3, 0.4) is 0 Å². The van der Waals surface area contributed by atoms with Crippen LogP contribution in [-0.2, 0) is 0 Å². The molecule has 0 aliphatic heterocycles. The molecule has 32 heavy (non-hydrogen) atoms. The van der Waals surface area contributed by atoms with E-state index in [1.807, 2.05) is 0 Å². The van der Waals surface area contributed by atoms with E-state index in [9.17, 15) is 25.5 Å². The maximum Gasteiger partial charge on any atom is 0.308 e. The third kappa shape index (κ3) is 3.98. The first-order valence-corrected chi connectivity index (χ1v) is 13.5. The van der Waals surface area contributed by atoms with E-state index in [2.05, 4.69) is 20.8 Å². The highest BCUT2D eigenvalue weighted by Gasteiger charge is 2.60. The van der Waals surface area contributed by atoms with Crippen molar-refractivity contribution >= 4 is 0 Å². The summed E-state index contributed by atoms with van der Waals surface area (Å²) in [5, 5.41) is 47.9. The van der Waals surface area contributed by atoms with E-state index in [1.54, 1.807) is 0 Å². The van der Waals surface area contributed by atoms with Crippen LogP contribution in [0.5, 0.6) is 0 Å². The van der Waals surface area contributed by atoms with Crippen molar-refractivity contribution in [3.05, 3.63) is 0 Å². The lowest BCUT2D eigenvalue weighted by molar-refractivity contribution is -0.397. The monoisotopic (exact) mass is 452 g/mol. The minimum absolute atomic E-state index is 0.0331. The summed E-state index contributed by atoms with van der Waals surface area (Å²) in [5.41, 5.74) is -1.33. The van der Waals surface area contributed by atoms with Crippen molar-refractivity contribution in [2.75, 3.05) is 6.61 Å². The molecular formula is C27H48O5. The molecule has 5 nitrogen and oxygen atoms in total. The molecule has 0 aromatic heterocycles. The Hall–Kier alpha value is -0.200. The third-order valence-electron chi connectivity index (χ3n) is 11.5. The van der Waals surface area contributed by atoms with E-state index in [1.165, 1.54) is 64.2 Å². The van der Waals surface area contributed by atoms with Gasteiger partial charge in [-0.25, -0.2) is 0 Å². The summed E-state index contributed by atoms with van der Waals surface area (Å²) in [7, 11) is 0. The molecule has 5 heteroatoms. The molecule has 4 aliphatic carbocycles. The molecule has 5 N–H and O–H groups in total. The molecule has 0 aromatic carbocycles. The van der Waals surface area contributed by atoms with Crippen LogP contribution in [0.25, 0.3) is 0 Å². The van der Waals surface area contributed by atoms with Crippen LogP contribution < -0.4 is 0 Å². The minimum Gasteiger partial charge on any atom is -0.393 e. The molecule has 4 saturated carbocycles. The fraction of sp³-hybridized carbons (Fsp3) is 1.00. The highest BCUT2D eigenvalue weighted by molar-refractivity contribution is 5.09. The van der Waals surface area contributed by atoms with Gasteiger partial charge in [-0.2, -0.15) is 0 Å². The predicted octanol–water partition coefficient (Wildman–Crippen LogP) is 4.20. The number of hydrogen-bond donors (Lipinski definition) is 5. The molecule has 0 heterocycles. The van der Waals surface area contributed by atoms with Gasteiger partial charge in [-0.15, -0.1) is 0 Å². The van der Waals surface area contributed by atoms with E-state index in [0.29, 0.717) is 29.1 Å². The van der Waals surface area contributed by atoms with Gasteiger partial charge in [0.15, 0.2) is 5.60 Å². The Kier molecular flexibility index (Phi) is 6.84. The van der Waals surface area contributed by atoms with Crippen LogP contribution in [0, 0.1) is 46.3 Å². The van der Waals surface area contributed by atoms with Crippen molar-refractivity contribution in [1.82, 2.24) is 0 Å². The summed E-state index contributed by atoms with van der Waals surface area (Å²) in [6, 6.07) is 0. The standard InChI is InChI=1S/C27H48O5/c1-18(7-6-15-26(29,17-28)27(30,31)32)21-11-12-22-20-10-9-19-8-4-5-14-24(19,2)23(20)13-16-25(21,22)3/h18-23,28-32H,4-17H2,1-3H3/t18-,19?,20+,21-,22+,23+,24+,25-,26?/m1/s1. The zero-order valence-corrected chi connectivity index (χ0v) is 20.6. The van der Waals surface area contributed by atoms with Crippen molar-refractivity contribution in [2.45, 2.75) is 116 Å². The van der Waals surface area contributed by atoms with E-state index in [0.717, 1.165) is 30.1 Å². The normalized spacial score (nSPS) is 44.8. The lowest BCUT2D eigenvalue weighted by atomic mass is 9.44. The molecule has 4 fully saturated rings. The van der Waals surface area contributed by atoms with Gasteiger partial charge in [0.05, 0.1) is 6.61 Å². The maximum atomic E-state index is 10.2. The molecule has 186 valence electrons. The zero-order valence-electron chi connectivity index (χ0n) is 20.6. The topological polar surface area (TPSA) is 101 Å². The van der Waals surface area contributed by atoms with E-state index < -0.39 is 18.2 Å². The molecule has 9 atom stereocenters. The molecule has 2 unspecified atom stereocenters. The van der Waals surface area contributed by atoms with Crippen LogP contribution in [0.2, 0.25) is 0 Å². The third-order valence-corrected chi connectivity index (χ3v) is 11.5. The summed E-state index contributed by atoms with van der Waals surface area (Å²) >= 11 is 0. The van der Waals surface area contributed by atoms with Gasteiger partial charge in [0.25, 0.3) is 0 Å². The Bertz CT molecular complexity index is 661. The fourth-order valence-electron chi connectivity index (χ4n) is 9.54. The van der Waals surface area contributed by atoms with Gasteiger partial charge in [0.1, 0.15) is 0 Å². The first kappa shape index (κ1) is 24.9. The van der Waals surface area contributed by atoms with E-state index in [4.69, 9.17) is 0 Å². The van der Waals surface area contributed by atoms with Gasteiger partial charge in [-0.3, -0.25) is 0 Å². The highest BCUT2D eigenvalue weighted by Crippen LogP contribution is 2.68. The Labute approximate surface area is 194 Å². The molecule has 0 radical (unpaired) electrons. The number of aliphatic hydroxyl groups is 5. The average molecular weight is 453 g/mol. The van der Waals surface area contributed by atoms with Gasteiger partial charge in [0, 0.05) is 0 Å². The molecule has 0 saturated heterocycles. The second-order valence-electron chi connectivity index (χ2n) is 12.8. The number of rotatable bonds is 7. The lowest BCUT2D eigenvalue weighted by Gasteiger charge is -2.61. The van der Waals surface area contributed by atoms with Crippen LogP contribution in [-0.4, -0.2) is 43.7 Å². The second kappa shape index (κ2) is 8.78. The Balaban J connectivity index is 1.40. The molecule has 0 amide bonds. The summed E-state index contributed by atoms with van der Waals surface area (Å²) in [4.78, 5) is 0. The first-order valence-electron chi connectivity index (χ1n) is 13.5. The fourth-order valence-corrected chi connectivity index (χ4v) is 9.54.